The maximum absolute atomic E-state index is 12.6. The van der Waals surface area contributed by atoms with Crippen molar-refractivity contribution in [3.8, 4) is 0 Å². The molecular formula is C16H22N2O2. The Labute approximate surface area is 120 Å². The fourth-order valence-corrected chi connectivity index (χ4v) is 2.63. The summed E-state index contributed by atoms with van der Waals surface area (Å²) in [4.78, 5) is 26.1. The molecule has 1 aliphatic heterocycles. The molecule has 2 amide bonds. The molecule has 0 aliphatic carbocycles. The SMILES string of the molecule is CC(Cc1ccccc1)N1CCC(=O)NC(C)(C)C1=O. The second-order valence-electron chi connectivity index (χ2n) is 5.96. The number of carbonyl (C=O) groups is 2. The molecule has 1 atom stereocenters. The molecule has 20 heavy (non-hydrogen) atoms. The summed E-state index contributed by atoms with van der Waals surface area (Å²) in [5.41, 5.74) is 0.382. The minimum atomic E-state index is -0.821. The molecule has 0 spiro atoms. The fourth-order valence-electron chi connectivity index (χ4n) is 2.63. The molecule has 0 radical (unpaired) electrons. The molecule has 0 aromatic heterocycles. The first kappa shape index (κ1) is 14.6. The Morgan fingerprint density at radius 2 is 1.90 bits per heavy atom. The summed E-state index contributed by atoms with van der Waals surface area (Å²) in [6, 6.07) is 10.2. The first-order valence-corrected chi connectivity index (χ1v) is 7.06. The van der Waals surface area contributed by atoms with Crippen LogP contribution in [0.5, 0.6) is 0 Å². The largest absolute Gasteiger partial charge is 0.342 e. The summed E-state index contributed by atoms with van der Waals surface area (Å²) in [5, 5.41) is 2.79. The Morgan fingerprint density at radius 1 is 1.25 bits per heavy atom. The molecule has 4 nitrogen and oxygen atoms in total. The van der Waals surface area contributed by atoms with E-state index in [0.717, 1.165) is 6.42 Å². The lowest BCUT2D eigenvalue weighted by Crippen LogP contribution is -2.54. The lowest BCUT2D eigenvalue weighted by molar-refractivity contribution is -0.139. The van der Waals surface area contributed by atoms with Crippen LogP contribution in [0.3, 0.4) is 0 Å². The van der Waals surface area contributed by atoms with E-state index >= 15 is 0 Å². The third-order valence-corrected chi connectivity index (χ3v) is 3.73. The Kier molecular flexibility index (Phi) is 4.12. The number of nitrogens with one attached hydrogen (secondary N) is 1. The lowest BCUT2D eigenvalue weighted by atomic mass is 10.0. The van der Waals surface area contributed by atoms with E-state index in [4.69, 9.17) is 0 Å². The molecule has 1 fully saturated rings. The van der Waals surface area contributed by atoms with E-state index in [1.165, 1.54) is 5.56 Å². The van der Waals surface area contributed by atoms with Gasteiger partial charge in [0, 0.05) is 19.0 Å². The maximum Gasteiger partial charge on any atom is 0.248 e. The van der Waals surface area contributed by atoms with Gasteiger partial charge in [-0.2, -0.15) is 0 Å². The first-order valence-electron chi connectivity index (χ1n) is 7.06. The average Bonchev–Trinajstić information content (AvgIpc) is 2.48. The third kappa shape index (κ3) is 3.18. The third-order valence-electron chi connectivity index (χ3n) is 3.73. The monoisotopic (exact) mass is 274 g/mol. The highest BCUT2D eigenvalue weighted by atomic mass is 16.2. The zero-order valence-corrected chi connectivity index (χ0v) is 12.3. The molecule has 4 heteroatoms. The van der Waals surface area contributed by atoms with Gasteiger partial charge in [0.05, 0.1) is 0 Å². The molecule has 1 heterocycles. The minimum Gasteiger partial charge on any atom is -0.342 e. The summed E-state index contributed by atoms with van der Waals surface area (Å²) < 4.78 is 0. The van der Waals surface area contributed by atoms with Crippen molar-refractivity contribution < 1.29 is 9.59 Å². The number of nitrogens with zero attached hydrogens (tertiary/aromatic N) is 1. The average molecular weight is 274 g/mol. The summed E-state index contributed by atoms with van der Waals surface area (Å²) in [6.45, 7) is 6.06. The van der Waals surface area contributed by atoms with E-state index in [2.05, 4.69) is 17.4 Å². The van der Waals surface area contributed by atoms with Crippen LogP contribution < -0.4 is 5.32 Å². The summed E-state index contributed by atoms with van der Waals surface area (Å²) >= 11 is 0. The second-order valence-corrected chi connectivity index (χ2v) is 5.96. The van der Waals surface area contributed by atoms with Crippen molar-refractivity contribution in [2.24, 2.45) is 0 Å². The van der Waals surface area contributed by atoms with E-state index in [9.17, 15) is 9.59 Å². The highest BCUT2D eigenvalue weighted by molar-refractivity contribution is 5.93. The van der Waals surface area contributed by atoms with Crippen LogP contribution in [-0.2, 0) is 16.0 Å². The van der Waals surface area contributed by atoms with Crippen LogP contribution in [-0.4, -0.2) is 34.8 Å². The van der Waals surface area contributed by atoms with Crippen LogP contribution in [0.25, 0.3) is 0 Å². The predicted octanol–water partition coefficient (Wildman–Crippen LogP) is 1.74. The Hall–Kier alpha value is -1.84. The molecule has 0 saturated carbocycles. The van der Waals surface area contributed by atoms with Crippen LogP contribution >= 0.6 is 0 Å². The normalized spacial score (nSPS) is 20.2. The van der Waals surface area contributed by atoms with E-state index in [0.29, 0.717) is 13.0 Å². The van der Waals surface area contributed by atoms with Crippen LogP contribution in [0.2, 0.25) is 0 Å². The van der Waals surface area contributed by atoms with E-state index in [1.807, 2.05) is 30.0 Å². The van der Waals surface area contributed by atoms with Crippen molar-refractivity contribution in [2.75, 3.05) is 6.54 Å². The zero-order chi connectivity index (χ0) is 14.8. The highest BCUT2D eigenvalue weighted by Crippen LogP contribution is 2.18. The molecule has 1 unspecified atom stereocenters. The van der Waals surface area contributed by atoms with Gasteiger partial charge in [-0.3, -0.25) is 9.59 Å². The Balaban J connectivity index is 2.13. The van der Waals surface area contributed by atoms with Gasteiger partial charge < -0.3 is 10.2 Å². The van der Waals surface area contributed by atoms with E-state index in [1.54, 1.807) is 13.8 Å². The van der Waals surface area contributed by atoms with Gasteiger partial charge in [0.15, 0.2) is 0 Å². The topological polar surface area (TPSA) is 49.4 Å². The van der Waals surface area contributed by atoms with Gasteiger partial charge in [0.25, 0.3) is 0 Å². The Bertz CT molecular complexity index is 496. The fraction of sp³-hybridized carbons (Fsp3) is 0.500. The smallest absolute Gasteiger partial charge is 0.248 e. The van der Waals surface area contributed by atoms with Crippen molar-refractivity contribution in [3.05, 3.63) is 35.9 Å². The molecule has 108 valence electrons. The van der Waals surface area contributed by atoms with Crippen LogP contribution in [0, 0.1) is 0 Å². The number of rotatable bonds is 3. The number of benzene rings is 1. The van der Waals surface area contributed by atoms with Crippen LogP contribution in [0.15, 0.2) is 30.3 Å². The van der Waals surface area contributed by atoms with Crippen molar-refractivity contribution in [2.45, 2.75) is 45.2 Å². The van der Waals surface area contributed by atoms with Gasteiger partial charge in [-0.05, 0) is 32.8 Å². The van der Waals surface area contributed by atoms with Crippen molar-refractivity contribution >= 4 is 11.8 Å². The quantitative estimate of drug-likeness (QED) is 0.913. The van der Waals surface area contributed by atoms with E-state index in [-0.39, 0.29) is 17.9 Å². The minimum absolute atomic E-state index is 0.00761. The molecule has 1 saturated heterocycles. The maximum atomic E-state index is 12.6. The van der Waals surface area contributed by atoms with Crippen LogP contribution in [0.1, 0.15) is 32.8 Å². The first-order chi connectivity index (χ1) is 9.40. The summed E-state index contributed by atoms with van der Waals surface area (Å²) in [5.74, 6) is -0.0652. The molecule has 1 aromatic carbocycles. The second kappa shape index (κ2) is 5.65. The molecule has 1 N–H and O–H groups in total. The molecule has 1 aromatic rings. The zero-order valence-electron chi connectivity index (χ0n) is 12.3. The number of amides is 2. The van der Waals surface area contributed by atoms with Crippen molar-refractivity contribution in [1.82, 2.24) is 10.2 Å². The van der Waals surface area contributed by atoms with Gasteiger partial charge in [-0.15, -0.1) is 0 Å². The lowest BCUT2D eigenvalue weighted by Gasteiger charge is -2.33. The standard InChI is InChI=1S/C16H22N2O2/c1-12(11-13-7-5-4-6-8-13)18-10-9-14(19)17-16(2,3)15(18)20/h4-8,12H,9-11H2,1-3H3,(H,17,19). The van der Waals surface area contributed by atoms with Gasteiger partial charge in [-0.25, -0.2) is 0 Å². The number of carbonyl (C=O) groups excluding carboxylic acids is 2. The highest BCUT2D eigenvalue weighted by Gasteiger charge is 2.38. The van der Waals surface area contributed by atoms with Gasteiger partial charge in [-0.1, -0.05) is 30.3 Å². The Morgan fingerprint density at radius 3 is 2.55 bits per heavy atom. The van der Waals surface area contributed by atoms with E-state index < -0.39 is 5.54 Å². The van der Waals surface area contributed by atoms with Crippen LogP contribution in [0.4, 0.5) is 0 Å². The van der Waals surface area contributed by atoms with Crippen molar-refractivity contribution in [1.29, 1.82) is 0 Å². The molecule has 2 rings (SSSR count). The van der Waals surface area contributed by atoms with Gasteiger partial charge in [0.1, 0.15) is 5.54 Å². The van der Waals surface area contributed by atoms with Crippen molar-refractivity contribution in [3.63, 3.8) is 0 Å². The molecule has 0 bridgehead atoms. The van der Waals surface area contributed by atoms with Gasteiger partial charge in [0.2, 0.25) is 11.8 Å². The number of hydrogen-bond donors (Lipinski definition) is 1. The summed E-state index contributed by atoms with van der Waals surface area (Å²) in [6.07, 6.45) is 1.17. The predicted molar refractivity (Wildman–Crippen MR) is 78.2 cm³/mol. The summed E-state index contributed by atoms with van der Waals surface area (Å²) in [7, 11) is 0. The molecule has 1 aliphatic rings. The number of hydrogen-bond acceptors (Lipinski definition) is 2. The van der Waals surface area contributed by atoms with Gasteiger partial charge >= 0.3 is 0 Å². The molecular weight excluding hydrogens is 252 g/mol.